The number of hydrogen-bond acceptors (Lipinski definition) is 6. The number of aromatic nitrogens is 1. The minimum absolute atomic E-state index is 0.152. The van der Waals surface area contributed by atoms with E-state index < -0.39 is 11.8 Å². The van der Waals surface area contributed by atoms with E-state index in [4.69, 9.17) is 10.00 Å². The van der Waals surface area contributed by atoms with E-state index in [1.54, 1.807) is 55.5 Å². The highest BCUT2D eigenvalue weighted by atomic mass is 19.1. The number of amides is 2. The number of likely N-dealkylation sites (tertiary alicyclic amines) is 1. The first-order valence-electron chi connectivity index (χ1n) is 11.8. The summed E-state index contributed by atoms with van der Waals surface area (Å²) >= 11 is 0. The third-order valence-electron chi connectivity index (χ3n) is 6.82. The molecular weight excluding hydrogens is 461 g/mol. The van der Waals surface area contributed by atoms with Crippen molar-refractivity contribution in [1.29, 1.82) is 5.26 Å². The van der Waals surface area contributed by atoms with Crippen LogP contribution in [0.2, 0.25) is 0 Å². The number of ether oxygens (including phenoxy) is 1. The van der Waals surface area contributed by atoms with Crippen LogP contribution in [0.25, 0.3) is 10.9 Å². The quantitative estimate of drug-likeness (QED) is 0.546. The summed E-state index contributed by atoms with van der Waals surface area (Å²) in [6, 6.07) is 14.5. The number of carbonyl (C=O) groups excluding carboxylic acids is 2. The maximum Gasteiger partial charge on any atom is 0.414 e. The van der Waals surface area contributed by atoms with E-state index in [-0.39, 0.29) is 18.7 Å². The van der Waals surface area contributed by atoms with Gasteiger partial charge in [0.05, 0.1) is 12.1 Å². The van der Waals surface area contributed by atoms with Gasteiger partial charge < -0.3 is 14.5 Å². The Kier molecular flexibility index (Phi) is 6.06. The van der Waals surface area contributed by atoms with Gasteiger partial charge in [-0.05, 0) is 29.8 Å². The normalized spacial score (nSPS) is 17.1. The fraction of sp³-hybridized carbons (Fsp3) is 0.333. The zero-order chi connectivity index (χ0) is 25.4. The van der Waals surface area contributed by atoms with E-state index in [0.717, 1.165) is 22.0 Å². The highest BCUT2D eigenvalue weighted by Crippen LogP contribution is 2.36. The molecule has 184 valence electrons. The van der Waals surface area contributed by atoms with E-state index in [2.05, 4.69) is 9.88 Å². The largest absolute Gasteiger partial charge is 0.414 e. The van der Waals surface area contributed by atoms with Crippen molar-refractivity contribution in [3.8, 4) is 11.8 Å². The number of nitrogens with zero attached hydrogens (tertiary/aromatic N) is 5. The second-order valence-corrected chi connectivity index (χ2v) is 9.47. The molecule has 0 unspecified atom stereocenters. The lowest BCUT2D eigenvalue weighted by Crippen LogP contribution is -2.40. The first kappa shape index (κ1) is 23.7. The van der Waals surface area contributed by atoms with Crippen molar-refractivity contribution in [2.24, 2.45) is 0 Å². The van der Waals surface area contributed by atoms with Gasteiger partial charge >= 0.3 is 6.09 Å². The Hall–Kier alpha value is -4.03. The SMILES string of the molecule is CN(C)C(=O)Oc1cccc(N2Cc3c(cc(CN4CCC(F)(C#N)CC4)c4cccnc34)C2=O)c1. The van der Waals surface area contributed by atoms with E-state index >= 15 is 0 Å². The molecule has 36 heavy (non-hydrogen) atoms. The summed E-state index contributed by atoms with van der Waals surface area (Å²) in [7, 11) is 3.20. The van der Waals surface area contributed by atoms with Crippen LogP contribution in [0, 0.1) is 11.3 Å². The van der Waals surface area contributed by atoms with Gasteiger partial charge in [0.25, 0.3) is 5.91 Å². The van der Waals surface area contributed by atoms with Crippen LogP contribution < -0.4 is 9.64 Å². The fourth-order valence-electron chi connectivity index (χ4n) is 4.76. The lowest BCUT2D eigenvalue weighted by Gasteiger charge is -2.32. The molecule has 1 fully saturated rings. The number of rotatable bonds is 4. The molecule has 3 heterocycles. The molecule has 1 saturated heterocycles. The van der Waals surface area contributed by atoms with Crippen LogP contribution in [-0.4, -0.2) is 59.6 Å². The summed E-state index contributed by atoms with van der Waals surface area (Å²) in [5.41, 5.74) is 2.01. The lowest BCUT2D eigenvalue weighted by atomic mass is 9.94. The number of fused-ring (bicyclic) bond motifs is 3. The molecule has 0 atom stereocenters. The van der Waals surface area contributed by atoms with Crippen LogP contribution >= 0.6 is 0 Å². The van der Waals surface area contributed by atoms with Gasteiger partial charge in [0.1, 0.15) is 11.8 Å². The standard InChI is InChI=1S/C27H26FN5O3/c1-31(2)26(35)36-20-6-3-5-19(14-20)33-16-23-22(25(33)34)13-18(21-7-4-10-30-24(21)23)15-32-11-8-27(28,17-29)9-12-32/h3-7,10,13-14H,8-9,11-12,15-16H2,1-2H3. The predicted molar refractivity (Wildman–Crippen MR) is 132 cm³/mol. The Morgan fingerprint density at radius 1 is 1.22 bits per heavy atom. The monoisotopic (exact) mass is 487 g/mol. The van der Waals surface area contributed by atoms with Crippen molar-refractivity contribution in [2.75, 3.05) is 32.1 Å². The highest BCUT2D eigenvalue weighted by Gasteiger charge is 2.35. The minimum atomic E-state index is -1.76. The predicted octanol–water partition coefficient (Wildman–Crippen LogP) is 4.28. The van der Waals surface area contributed by atoms with Gasteiger partial charge in [0.2, 0.25) is 0 Å². The summed E-state index contributed by atoms with van der Waals surface area (Å²) in [5.74, 6) is 0.200. The highest BCUT2D eigenvalue weighted by molar-refractivity contribution is 6.13. The van der Waals surface area contributed by atoms with Crippen LogP contribution in [0.15, 0.2) is 48.7 Å². The summed E-state index contributed by atoms with van der Waals surface area (Å²) in [5, 5.41) is 10.0. The molecule has 2 aliphatic rings. The molecule has 0 radical (unpaired) electrons. The molecule has 3 aromatic rings. The Morgan fingerprint density at radius 2 is 2.00 bits per heavy atom. The van der Waals surface area contributed by atoms with Gasteiger partial charge in [-0.3, -0.25) is 14.7 Å². The smallest absolute Gasteiger partial charge is 0.410 e. The van der Waals surface area contributed by atoms with Crippen LogP contribution in [-0.2, 0) is 13.1 Å². The summed E-state index contributed by atoms with van der Waals surface area (Å²) in [4.78, 5) is 35.2. The molecular formula is C27H26FN5O3. The third kappa shape index (κ3) is 4.36. The van der Waals surface area contributed by atoms with E-state index in [9.17, 15) is 14.0 Å². The van der Waals surface area contributed by atoms with E-state index in [1.165, 1.54) is 4.90 Å². The van der Waals surface area contributed by atoms with Gasteiger partial charge in [0, 0.05) is 81.0 Å². The number of benzene rings is 2. The Morgan fingerprint density at radius 3 is 2.72 bits per heavy atom. The molecule has 0 spiro atoms. The average molecular weight is 488 g/mol. The van der Waals surface area contributed by atoms with Crippen LogP contribution in [0.4, 0.5) is 14.9 Å². The summed E-state index contributed by atoms with van der Waals surface area (Å²) in [6.07, 6.45) is 1.56. The van der Waals surface area contributed by atoms with E-state index in [0.29, 0.717) is 43.2 Å². The van der Waals surface area contributed by atoms with Crippen LogP contribution in [0.1, 0.15) is 34.3 Å². The topological polar surface area (TPSA) is 89.8 Å². The Balaban J connectivity index is 1.44. The zero-order valence-electron chi connectivity index (χ0n) is 20.2. The van der Waals surface area contributed by atoms with Crippen molar-refractivity contribution in [2.45, 2.75) is 31.6 Å². The molecule has 0 N–H and O–H groups in total. The lowest BCUT2D eigenvalue weighted by molar-refractivity contribution is 0.0985. The number of pyridine rings is 1. The summed E-state index contributed by atoms with van der Waals surface area (Å²) in [6.45, 7) is 1.84. The number of halogens is 1. The van der Waals surface area contributed by atoms with Gasteiger partial charge in [0.15, 0.2) is 5.67 Å². The first-order chi connectivity index (χ1) is 17.3. The molecule has 0 bridgehead atoms. The maximum atomic E-state index is 14.4. The molecule has 1 aromatic heterocycles. The number of anilines is 1. The molecule has 9 heteroatoms. The second-order valence-electron chi connectivity index (χ2n) is 9.47. The Labute approximate surface area is 208 Å². The number of nitriles is 1. The molecule has 8 nitrogen and oxygen atoms in total. The Bertz CT molecular complexity index is 1390. The van der Waals surface area contributed by atoms with Crippen molar-refractivity contribution in [3.05, 3.63) is 65.4 Å². The number of piperidine rings is 1. The van der Waals surface area contributed by atoms with Gasteiger partial charge in [-0.2, -0.15) is 5.26 Å². The third-order valence-corrected chi connectivity index (χ3v) is 6.82. The number of alkyl halides is 1. The first-order valence-corrected chi connectivity index (χ1v) is 11.8. The molecule has 2 aromatic carbocycles. The molecule has 0 aliphatic carbocycles. The molecule has 2 aliphatic heterocycles. The maximum absolute atomic E-state index is 14.4. The van der Waals surface area contributed by atoms with Crippen LogP contribution in [0.3, 0.4) is 0 Å². The number of hydrogen-bond donors (Lipinski definition) is 0. The van der Waals surface area contributed by atoms with Gasteiger partial charge in [-0.15, -0.1) is 0 Å². The average Bonchev–Trinajstić information content (AvgIpc) is 3.22. The number of carbonyl (C=O) groups is 2. The van der Waals surface area contributed by atoms with Crippen LogP contribution in [0.5, 0.6) is 5.75 Å². The van der Waals surface area contributed by atoms with Crippen molar-refractivity contribution in [3.63, 3.8) is 0 Å². The fourth-order valence-corrected chi connectivity index (χ4v) is 4.76. The minimum Gasteiger partial charge on any atom is -0.410 e. The van der Waals surface area contributed by atoms with Crippen molar-refractivity contribution < 1.29 is 18.7 Å². The second kappa shape index (κ2) is 9.21. The molecule has 0 saturated carbocycles. The van der Waals surface area contributed by atoms with Crippen molar-refractivity contribution in [1.82, 2.24) is 14.8 Å². The molecule has 5 rings (SSSR count). The van der Waals surface area contributed by atoms with Gasteiger partial charge in [-0.1, -0.05) is 12.1 Å². The summed E-state index contributed by atoms with van der Waals surface area (Å²) < 4.78 is 19.7. The van der Waals surface area contributed by atoms with Crippen molar-refractivity contribution >= 4 is 28.6 Å². The van der Waals surface area contributed by atoms with E-state index in [1.807, 2.05) is 18.2 Å². The van der Waals surface area contributed by atoms with Gasteiger partial charge in [-0.25, -0.2) is 9.18 Å². The zero-order valence-corrected chi connectivity index (χ0v) is 20.2. The molecule has 2 amide bonds.